The molecule has 1 rings (SSSR count). The van der Waals surface area contributed by atoms with E-state index >= 15 is 0 Å². The second-order valence-corrected chi connectivity index (χ2v) is 4.21. The van der Waals surface area contributed by atoms with Crippen molar-refractivity contribution in [2.45, 2.75) is 20.4 Å². The minimum Gasteiger partial charge on any atom is -0.316 e. The predicted molar refractivity (Wildman–Crippen MR) is 59.5 cm³/mol. The number of likely N-dealkylation sites (N-methyl/N-ethyl adjacent to an activating group) is 2. The summed E-state index contributed by atoms with van der Waals surface area (Å²) in [5.74, 6) is 0. The minimum absolute atomic E-state index is 0.953. The molecule has 0 aliphatic rings. The molecule has 0 aliphatic carbocycles. The van der Waals surface area contributed by atoms with Gasteiger partial charge in [-0.25, -0.2) is 0 Å². The molecule has 0 aliphatic heterocycles. The van der Waals surface area contributed by atoms with E-state index in [0.29, 0.717) is 0 Å². The van der Waals surface area contributed by atoms with Crippen molar-refractivity contribution in [1.29, 1.82) is 0 Å². The molecule has 0 unspecified atom stereocenters. The highest BCUT2D eigenvalue weighted by molar-refractivity contribution is 7.05. The molecule has 1 heterocycles. The Morgan fingerprint density at radius 3 is 2.86 bits per heavy atom. The van der Waals surface area contributed by atoms with Crippen molar-refractivity contribution in [2.24, 2.45) is 0 Å². The van der Waals surface area contributed by atoms with Crippen LogP contribution in [-0.4, -0.2) is 41.2 Å². The van der Waals surface area contributed by atoms with Gasteiger partial charge in [-0.1, -0.05) is 11.4 Å². The van der Waals surface area contributed by atoms with Gasteiger partial charge < -0.3 is 5.32 Å². The van der Waals surface area contributed by atoms with Crippen molar-refractivity contribution in [3.63, 3.8) is 0 Å². The van der Waals surface area contributed by atoms with Gasteiger partial charge in [-0.15, -0.1) is 5.10 Å². The van der Waals surface area contributed by atoms with E-state index in [4.69, 9.17) is 0 Å². The molecule has 0 saturated carbocycles. The number of nitrogens with zero attached hydrogens (tertiary/aromatic N) is 3. The fourth-order valence-corrected chi connectivity index (χ4v) is 1.88. The first-order valence-electron chi connectivity index (χ1n) is 4.91. The molecule has 0 amide bonds. The second kappa shape index (κ2) is 6.06. The molecule has 0 spiro atoms. The first-order chi connectivity index (χ1) is 6.74. The van der Waals surface area contributed by atoms with Crippen molar-refractivity contribution < 1.29 is 0 Å². The number of nitrogens with one attached hydrogen (secondary N) is 1. The monoisotopic (exact) mass is 214 g/mol. The number of aromatic nitrogens is 2. The van der Waals surface area contributed by atoms with Gasteiger partial charge in [0.25, 0.3) is 0 Å². The van der Waals surface area contributed by atoms with E-state index in [1.807, 2.05) is 6.92 Å². The Labute approximate surface area is 89.5 Å². The van der Waals surface area contributed by atoms with E-state index in [-0.39, 0.29) is 0 Å². The van der Waals surface area contributed by atoms with Crippen LogP contribution in [0.5, 0.6) is 0 Å². The van der Waals surface area contributed by atoms with E-state index in [1.54, 1.807) is 0 Å². The fraction of sp³-hybridized carbons (Fsp3) is 0.778. The quantitative estimate of drug-likeness (QED) is 0.714. The lowest BCUT2D eigenvalue weighted by Crippen LogP contribution is -2.28. The Hall–Kier alpha value is -0.520. The van der Waals surface area contributed by atoms with Crippen LogP contribution in [-0.2, 0) is 6.54 Å². The molecule has 0 aromatic carbocycles. The van der Waals surface area contributed by atoms with E-state index in [9.17, 15) is 0 Å². The largest absolute Gasteiger partial charge is 0.316 e. The van der Waals surface area contributed by atoms with Crippen LogP contribution >= 0.6 is 11.5 Å². The Bertz CT molecular complexity index is 261. The summed E-state index contributed by atoms with van der Waals surface area (Å²) in [6.45, 7) is 8.22. The molecule has 0 saturated heterocycles. The lowest BCUT2D eigenvalue weighted by Gasteiger charge is -2.15. The zero-order valence-corrected chi connectivity index (χ0v) is 9.89. The average Bonchev–Trinajstić information content (AvgIpc) is 2.52. The number of hydrogen-bond donors (Lipinski definition) is 1. The molecule has 5 heteroatoms. The summed E-state index contributed by atoms with van der Waals surface area (Å²) in [6.07, 6.45) is 0. The SMILES string of the molecule is CCNCCN(C)Cc1snnc1C. The summed E-state index contributed by atoms with van der Waals surface area (Å²) in [5, 5.41) is 7.30. The van der Waals surface area contributed by atoms with Gasteiger partial charge in [-0.3, -0.25) is 4.90 Å². The van der Waals surface area contributed by atoms with Crippen LogP contribution in [0.3, 0.4) is 0 Å². The molecule has 1 aromatic rings. The third kappa shape index (κ3) is 3.69. The van der Waals surface area contributed by atoms with Gasteiger partial charge in [0.2, 0.25) is 0 Å². The van der Waals surface area contributed by atoms with Crippen LogP contribution in [0.1, 0.15) is 17.5 Å². The lowest BCUT2D eigenvalue weighted by molar-refractivity contribution is 0.327. The van der Waals surface area contributed by atoms with Crippen LogP contribution in [0.15, 0.2) is 0 Å². The van der Waals surface area contributed by atoms with E-state index in [2.05, 4.69) is 33.8 Å². The maximum Gasteiger partial charge on any atom is 0.0769 e. The summed E-state index contributed by atoms with van der Waals surface area (Å²) < 4.78 is 3.92. The van der Waals surface area contributed by atoms with Crippen molar-refractivity contribution in [1.82, 2.24) is 19.8 Å². The summed E-state index contributed by atoms with van der Waals surface area (Å²) in [5.41, 5.74) is 1.06. The second-order valence-electron chi connectivity index (χ2n) is 3.37. The summed E-state index contributed by atoms with van der Waals surface area (Å²) in [6, 6.07) is 0. The molecule has 1 aromatic heterocycles. The molecule has 0 bridgehead atoms. The molecule has 4 nitrogen and oxygen atoms in total. The predicted octanol–water partition coefficient (Wildman–Crippen LogP) is 0.888. The molecule has 0 radical (unpaired) electrons. The maximum atomic E-state index is 3.99. The molecular weight excluding hydrogens is 196 g/mol. The molecule has 80 valence electrons. The fourth-order valence-electron chi connectivity index (χ4n) is 1.17. The normalized spacial score (nSPS) is 11.1. The molecule has 1 N–H and O–H groups in total. The minimum atomic E-state index is 0.953. The van der Waals surface area contributed by atoms with Crippen molar-refractivity contribution in [2.75, 3.05) is 26.7 Å². The highest BCUT2D eigenvalue weighted by Crippen LogP contribution is 2.10. The Morgan fingerprint density at radius 2 is 2.29 bits per heavy atom. The number of aryl methyl sites for hydroxylation is 1. The van der Waals surface area contributed by atoms with Crippen LogP contribution in [0, 0.1) is 6.92 Å². The molecule has 0 atom stereocenters. The first-order valence-corrected chi connectivity index (χ1v) is 5.68. The van der Waals surface area contributed by atoms with Gasteiger partial charge in [0.05, 0.1) is 10.6 Å². The Kier molecular flexibility index (Phi) is 5.00. The van der Waals surface area contributed by atoms with Crippen LogP contribution in [0.25, 0.3) is 0 Å². The number of hydrogen-bond acceptors (Lipinski definition) is 5. The maximum absolute atomic E-state index is 3.99. The highest BCUT2D eigenvalue weighted by atomic mass is 32.1. The Morgan fingerprint density at radius 1 is 1.50 bits per heavy atom. The first kappa shape index (κ1) is 11.6. The standard InChI is InChI=1S/C9H18N4S/c1-4-10-5-6-13(3)7-9-8(2)11-12-14-9/h10H,4-7H2,1-3H3. The van der Waals surface area contributed by atoms with Crippen molar-refractivity contribution in [3.8, 4) is 0 Å². The van der Waals surface area contributed by atoms with Gasteiger partial charge in [-0.05, 0) is 32.0 Å². The topological polar surface area (TPSA) is 41.0 Å². The van der Waals surface area contributed by atoms with Crippen LogP contribution in [0.4, 0.5) is 0 Å². The zero-order valence-electron chi connectivity index (χ0n) is 9.08. The van der Waals surface area contributed by atoms with Gasteiger partial charge in [0, 0.05) is 19.6 Å². The van der Waals surface area contributed by atoms with E-state index in [0.717, 1.165) is 31.9 Å². The molecule has 14 heavy (non-hydrogen) atoms. The highest BCUT2D eigenvalue weighted by Gasteiger charge is 2.05. The van der Waals surface area contributed by atoms with E-state index < -0.39 is 0 Å². The summed E-state index contributed by atoms with van der Waals surface area (Å²) in [4.78, 5) is 3.55. The smallest absolute Gasteiger partial charge is 0.0769 e. The summed E-state index contributed by atoms with van der Waals surface area (Å²) in [7, 11) is 2.12. The van der Waals surface area contributed by atoms with Crippen molar-refractivity contribution >= 4 is 11.5 Å². The lowest BCUT2D eigenvalue weighted by atomic mass is 10.3. The van der Waals surface area contributed by atoms with Gasteiger partial charge in [0.1, 0.15) is 0 Å². The van der Waals surface area contributed by atoms with Crippen LogP contribution < -0.4 is 5.32 Å². The van der Waals surface area contributed by atoms with Crippen molar-refractivity contribution in [3.05, 3.63) is 10.6 Å². The van der Waals surface area contributed by atoms with E-state index in [1.165, 1.54) is 16.4 Å². The molecule has 0 fully saturated rings. The third-order valence-corrected chi connectivity index (χ3v) is 2.89. The average molecular weight is 214 g/mol. The Balaban J connectivity index is 2.27. The van der Waals surface area contributed by atoms with Gasteiger partial charge >= 0.3 is 0 Å². The van der Waals surface area contributed by atoms with Gasteiger partial charge in [-0.2, -0.15) is 0 Å². The van der Waals surface area contributed by atoms with Gasteiger partial charge in [0.15, 0.2) is 0 Å². The number of rotatable bonds is 6. The summed E-state index contributed by atoms with van der Waals surface area (Å²) >= 11 is 1.49. The third-order valence-electron chi connectivity index (χ3n) is 2.08. The zero-order chi connectivity index (χ0) is 10.4. The molecular formula is C9H18N4S. The van der Waals surface area contributed by atoms with Crippen LogP contribution in [0.2, 0.25) is 0 Å².